The van der Waals surface area contributed by atoms with Gasteiger partial charge in [0.05, 0.1) is 7.11 Å². The molecule has 0 aliphatic rings. The molecule has 29 heavy (non-hydrogen) atoms. The van der Waals surface area contributed by atoms with Gasteiger partial charge in [0.25, 0.3) is 0 Å². The van der Waals surface area contributed by atoms with E-state index in [1.54, 1.807) is 13.2 Å². The predicted octanol–water partition coefficient (Wildman–Crippen LogP) is 3.11. The van der Waals surface area contributed by atoms with Crippen molar-refractivity contribution in [1.82, 2.24) is 10.3 Å². The van der Waals surface area contributed by atoms with Gasteiger partial charge in [-0.15, -0.1) is 0 Å². The molecular weight excluding hydrogens is 379 g/mol. The number of nitrogens with one attached hydrogen (secondary N) is 2. The van der Waals surface area contributed by atoms with E-state index < -0.39 is 11.9 Å². The molecule has 3 aromatic rings. The van der Waals surface area contributed by atoms with E-state index in [1.165, 1.54) is 22.7 Å². The summed E-state index contributed by atoms with van der Waals surface area (Å²) in [4.78, 5) is 21.6. The van der Waals surface area contributed by atoms with Crippen LogP contribution in [0, 0.1) is 12.7 Å². The van der Waals surface area contributed by atoms with Crippen LogP contribution in [-0.4, -0.2) is 40.8 Å². The van der Waals surface area contributed by atoms with Crippen molar-refractivity contribution in [3.63, 3.8) is 0 Å². The number of hydrogen-bond donors (Lipinski definition) is 4. The third kappa shape index (κ3) is 6.05. The second-order valence-corrected chi connectivity index (χ2v) is 6.27. The monoisotopic (exact) mass is 402 g/mol. The molecule has 0 atom stereocenters. The smallest absolute Gasteiger partial charge is 0.414 e. The minimum Gasteiger partial charge on any atom is -0.497 e. The van der Waals surface area contributed by atoms with Crippen LogP contribution in [0.3, 0.4) is 0 Å². The fourth-order valence-corrected chi connectivity index (χ4v) is 2.89. The van der Waals surface area contributed by atoms with E-state index in [0.29, 0.717) is 12.1 Å². The molecule has 0 bridgehead atoms. The molecule has 1 heterocycles. The molecule has 1 aromatic heterocycles. The average molecular weight is 402 g/mol. The second-order valence-electron chi connectivity index (χ2n) is 6.27. The first kappa shape index (κ1) is 21.9. The fourth-order valence-electron chi connectivity index (χ4n) is 2.89. The van der Waals surface area contributed by atoms with Crippen LogP contribution in [0.2, 0.25) is 0 Å². The number of hydrogen-bond acceptors (Lipinski definition) is 4. The Labute approximate surface area is 167 Å². The summed E-state index contributed by atoms with van der Waals surface area (Å²) in [6.07, 6.45) is 0.882. The predicted molar refractivity (Wildman–Crippen MR) is 107 cm³/mol. The Kier molecular flexibility index (Phi) is 7.73. The molecule has 7 nitrogen and oxygen atoms in total. The lowest BCUT2D eigenvalue weighted by atomic mass is 10.1. The van der Waals surface area contributed by atoms with Crippen LogP contribution in [0.15, 0.2) is 42.5 Å². The highest BCUT2D eigenvalue weighted by molar-refractivity contribution is 6.27. The van der Waals surface area contributed by atoms with Crippen LogP contribution in [0.4, 0.5) is 4.39 Å². The lowest BCUT2D eigenvalue weighted by Crippen LogP contribution is -2.17. The zero-order valence-electron chi connectivity index (χ0n) is 16.2. The second kappa shape index (κ2) is 10.2. The highest BCUT2D eigenvalue weighted by Gasteiger charge is 2.09. The van der Waals surface area contributed by atoms with E-state index in [9.17, 15) is 4.39 Å². The molecule has 4 N–H and O–H groups in total. The van der Waals surface area contributed by atoms with E-state index >= 15 is 0 Å². The maximum absolute atomic E-state index is 13.6. The number of carboxylic acid groups (broad SMARTS) is 2. The number of benzene rings is 2. The summed E-state index contributed by atoms with van der Waals surface area (Å²) in [6, 6.07) is 12.9. The molecule has 0 spiro atoms. The Morgan fingerprint density at radius 2 is 1.83 bits per heavy atom. The molecule has 0 aliphatic carbocycles. The average Bonchev–Trinajstić information content (AvgIpc) is 3.01. The molecule has 2 aromatic carbocycles. The quantitative estimate of drug-likeness (QED) is 0.372. The lowest BCUT2D eigenvalue weighted by molar-refractivity contribution is -0.159. The van der Waals surface area contributed by atoms with Gasteiger partial charge in [-0.3, -0.25) is 0 Å². The fraction of sp³-hybridized carbons (Fsp3) is 0.238. The van der Waals surface area contributed by atoms with Gasteiger partial charge in [-0.05, 0) is 49.7 Å². The molecule has 3 rings (SSSR count). The molecular formula is C21H23FN2O5. The molecule has 0 aliphatic heterocycles. The summed E-state index contributed by atoms with van der Waals surface area (Å²) in [6.45, 7) is 3.41. The van der Waals surface area contributed by atoms with Crippen molar-refractivity contribution in [1.29, 1.82) is 0 Å². The Bertz CT molecular complexity index is 988. The first-order valence-electron chi connectivity index (χ1n) is 8.89. The number of halogens is 1. The number of aliphatic carboxylic acids is 2. The minimum atomic E-state index is -1.82. The molecule has 0 radical (unpaired) electrons. The van der Waals surface area contributed by atoms with E-state index in [4.69, 9.17) is 24.5 Å². The van der Waals surface area contributed by atoms with E-state index in [-0.39, 0.29) is 5.82 Å². The first-order valence-corrected chi connectivity index (χ1v) is 8.89. The number of rotatable bonds is 6. The number of methoxy groups -OCH3 is 1. The summed E-state index contributed by atoms with van der Waals surface area (Å²) >= 11 is 0. The largest absolute Gasteiger partial charge is 0.497 e. The van der Waals surface area contributed by atoms with Gasteiger partial charge in [-0.1, -0.05) is 18.2 Å². The standard InChI is InChI=1S/C19H21FN2O.C2H2O4/c1-13-16(17-11-15(23-2)7-8-19(17)22-13)9-10-21-12-14-5-3-4-6-18(14)20;3-1(4)2(5)6/h3-8,11,21-22H,9-10,12H2,1-2H3;(H,3,4)(H,5,6). The summed E-state index contributed by atoms with van der Waals surface area (Å²) in [5.41, 5.74) is 4.26. The SMILES string of the molecule is COc1ccc2[nH]c(C)c(CCNCc3ccccc3F)c2c1.O=C(O)C(=O)O. The minimum absolute atomic E-state index is 0.159. The van der Waals surface area contributed by atoms with Gasteiger partial charge in [-0.25, -0.2) is 14.0 Å². The Morgan fingerprint density at radius 3 is 2.45 bits per heavy atom. The van der Waals surface area contributed by atoms with Gasteiger partial charge in [-0.2, -0.15) is 0 Å². The van der Waals surface area contributed by atoms with Gasteiger partial charge in [0, 0.05) is 28.7 Å². The number of aromatic nitrogens is 1. The maximum atomic E-state index is 13.6. The Balaban J connectivity index is 0.000000438. The summed E-state index contributed by atoms with van der Waals surface area (Å²) < 4.78 is 18.9. The van der Waals surface area contributed by atoms with E-state index in [1.807, 2.05) is 24.3 Å². The number of aromatic amines is 1. The van der Waals surface area contributed by atoms with Crippen LogP contribution in [0.1, 0.15) is 16.8 Å². The van der Waals surface area contributed by atoms with Crippen LogP contribution < -0.4 is 10.1 Å². The van der Waals surface area contributed by atoms with Gasteiger partial charge >= 0.3 is 11.9 Å². The molecule has 8 heteroatoms. The van der Waals surface area contributed by atoms with Crippen molar-refractivity contribution in [2.75, 3.05) is 13.7 Å². The third-order valence-corrected chi connectivity index (χ3v) is 4.33. The molecule has 0 amide bonds. The van der Waals surface area contributed by atoms with E-state index in [0.717, 1.165) is 24.2 Å². The van der Waals surface area contributed by atoms with Crippen molar-refractivity contribution in [2.24, 2.45) is 0 Å². The lowest BCUT2D eigenvalue weighted by Gasteiger charge is -2.07. The third-order valence-electron chi connectivity index (χ3n) is 4.33. The highest BCUT2D eigenvalue weighted by Crippen LogP contribution is 2.26. The number of carbonyl (C=O) groups is 2. The van der Waals surface area contributed by atoms with Crippen LogP contribution in [-0.2, 0) is 22.6 Å². The zero-order valence-corrected chi connectivity index (χ0v) is 16.2. The van der Waals surface area contributed by atoms with Gasteiger partial charge in [0.15, 0.2) is 0 Å². The normalized spacial score (nSPS) is 10.3. The van der Waals surface area contributed by atoms with Crippen molar-refractivity contribution in [3.8, 4) is 5.75 Å². The number of fused-ring (bicyclic) bond motifs is 1. The maximum Gasteiger partial charge on any atom is 0.414 e. The van der Waals surface area contributed by atoms with Crippen molar-refractivity contribution in [2.45, 2.75) is 19.9 Å². The molecule has 0 saturated heterocycles. The first-order chi connectivity index (χ1) is 13.8. The van der Waals surface area contributed by atoms with Crippen molar-refractivity contribution >= 4 is 22.8 Å². The number of carboxylic acids is 2. The number of ether oxygens (including phenoxy) is 1. The molecule has 0 saturated carbocycles. The molecule has 0 unspecified atom stereocenters. The molecule has 154 valence electrons. The van der Waals surface area contributed by atoms with Crippen molar-refractivity contribution in [3.05, 3.63) is 65.1 Å². The van der Waals surface area contributed by atoms with Gasteiger partial charge in [0.2, 0.25) is 0 Å². The van der Waals surface area contributed by atoms with E-state index in [2.05, 4.69) is 23.3 Å². The van der Waals surface area contributed by atoms with Crippen LogP contribution in [0.5, 0.6) is 5.75 Å². The number of aryl methyl sites for hydroxylation is 1. The summed E-state index contributed by atoms with van der Waals surface area (Å²) in [5, 5.41) is 19.3. The van der Waals surface area contributed by atoms with Gasteiger partial charge in [0.1, 0.15) is 11.6 Å². The van der Waals surface area contributed by atoms with Gasteiger partial charge < -0.3 is 25.3 Å². The van der Waals surface area contributed by atoms with Crippen molar-refractivity contribution < 1.29 is 28.9 Å². The summed E-state index contributed by atoms with van der Waals surface area (Å²) in [7, 11) is 1.68. The van der Waals surface area contributed by atoms with Crippen LogP contribution >= 0.6 is 0 Å². The Hall–Kier alpha value is -3.39. The number of H-pyrrole nitrogens is 1. The Morgan fingerprint density at radius 1 is 1.14 bits per heavy atom. The topological polar surface area (TPSA) is 112 Å². The molecule has 0 fully saturated rings. The zero-order chi connectivity index (χ0) is 21.4. The summed E-state index contributed by atoms with van der Waals surface area (Å²) in [5.74, 6) is -2.95. The van der Waals surface area contributed by atoms with Crippen LogP contribution in [0.25, 0.3) is 10.9 Å². The highest BCUT2D eigenvalue weighted by atomic mass is 19.1.